The summed E-state index contributed by atoms with van der Waals surface area (Å²) >= 11 is 0. The molecule has 198 valence electrons. The van der Waals surface area contributed by atoms with E-state index < -0.39 is 12.2 Å². The van der Waals surface area contributed by atoms with E-state index in [9.17, 15) is 15.0 Å². The zero-order valence-corrected chi connectivity index (χ0v) is 22.1. The number of carbonyl (C=O) groups is 1. The third-order valence-corrected chi connectivity index (χ3v) is 8.73. The molecule has 2 bridgehead atoms. The molecular weight excluding hydrogens is 476 g/mol. The molecule has 0 radical (unpaired) electrons. The first kappa shape index (κ1) is 24.3. The second-order valence-electron chi connectivity index (χ2n) is 10.6. The van der Waals surface area contributed by atoms with Gasteiger partial charge in [0.25, 0.3) is 0 Å². The molecule has 9 nitrogen and oxygen atoms in total. The van der Waals surface area contributed by atoms with E-state index in [1.807, 2.05) is 20.9 Å². The molecular formula is C28H34N2O7. The van der Waals surface area contributed by atoms with Crippen molar-refractivity contribution in [2.24, 2.45) is 0 Å². The highest BCUT2D eigenvalue weighted by molar-refractivity contribution is 5.74. The first-order valence-electron chi connectivity index (χ1n) is 12.9. The van der Waals surface area contributed by atoms with Crippen LogP contribution >= 0.6 is 0 Å². The van der Waals surface area contributed by atoms with Crippen molar-refractivity contribution in [2.45, 2.75) is 77.4 Å². The van der Waals surface area contributed by atoms with Gasteiger partial charge in [0, 0.05) is 41.3 Å². The molecule has 9 heteroatoms. The Hall–Kier alpha value is -3.01. The molecule has 2 N–H and O–H groups in total. The minimum absolute atomic E-state index is 0.100. The van der Waals surface area contributed by atoms with Crippen LogP contribution in [-0.2, 0) is 17.6 Å². The van der Waals surface area contributed by atoms with Crippen LogP contribution in [0, 0.1) is 13.8 Å². The number of aryl methyl sites for hydroxylation is 1. The van der Waals surface area contributed by atoms with Crippen molar-refractivity contribution < 1.29 is 34.0 Å². The molecule has 4 heterocycles. The normalized spacial score (nSPS) is 27.8. The summed E-state index contributed by atoms with van der Waals surface area (Å²) in [7, 11) is 3.58. The van der Waals surface area contributed by atoms with Crippen LogP contribution in [0.5, 0.6) is 28.7 Å². The number of aromatic hydroxyl groups is 1. The minimum Gasteiger partial charge on any atom is -0.504 e. The number of rotatable bonds is 3. The first-order valence-corrected chi connectivity index (χ1v) is 12.9. The van der Waals surface area contributed by atoms with Crippen molar-refractivity contribution >= 4 is 5.97 Å². The van der Waals surface area contributed by atoms with Crippen molar-refractivity contribution in [1.29, 1.82) is 0 Å². The monoisotopic (exact) mass is 510 g/mol. The van der Waals surface area contributed by atoms with Gasteiger partial charge in [0.1, 0.15) is 12.0 Å². The predicted octanol–water partition coefficient (Wildman–Crippen LogP) is 3.28. The van der Waals surface area contributed by atoms with Crippen LogP contribution in [0.25, 0.3) is 0 Å². The van der Waals surface area contributed by atoms with Crippen molar-refractivity contribution in [3.8, 4) is 28.7 Å². The molecule has 2 aromatic carbocycles. The number of aliphatic hydroxyl groups excluding tert-OH is 1. The number of hydrogen-bond donors (Lipinski definition) is 2. The quantitative estimate of drug-likeness (QED) is 0.476. The first-order chi connectivity index (χ1) is 17.7. The minimum atomic E-state index is -0.737. The number of aliphatic hydroxyl groups is 1. The Kier molecular flexibility index (Phi) is 5.60. The smallest absolute Gasteiger partial charge is 0.308 e. The molecule has 37 heavy (non-hydrogen) atoms. The molecule has 0 saturated carbocycles. The van der Waals surface area contributed by atoms with Crippen molar-refractivity contribution in [3.63, 3.8) is 0 Å². The zero-order chi connectivity index (χ0) is 26.3. The summed E-state index contributed by atoms with van der Waals surface area (Å²) < 4.78 is 23.2. The van der Waals surface area contributed by atoms with Gasteiger partial charge in [-0.3, -0.25) is 14.6 Å². The van der Waals surface area contributed by atoms with E-state index in [4.69, 9.17) is 18.9 Å². The average molecular weight is 511 g/mol. The van der Waals surface area contributed by atoms with Gasteiger partial charge in [0.05, 0.1) is 19.2 Å². The fraction of sp³-hybridized carbons (Fsp3) is 0.536. The highest BCUT2D eigenvalue weighted by atomic mass is 16.7. The topological polar surface area (TPSA) is 101 Å². The van der Waals surface area contributed by atoms with E-state index in [1.54, 1.807) is 7.11 Å². The van der Waals surface area contributed by atoms with E-state index in [1.165, 1.54) is 6.92 Å². The third kappa shape index (κ3) is 3.23. The Balaban J connectivity index is 1.60. The van der Waals surface area contributed by atoms with Crippen LogP contribution in [0.1, 0.15) is 65.7 Å². The Labute approximate surface area is 216 Å². The molecule has 0 aromatic heterocycles. The van der Waals surface area contributed by atoms with Crippen LogP contribution in [-0.4, -0.2) is 65.2 Å². The summed E-state index contributed by atoms with van der Waals surface area (Å²) in [4.78, 5) is 16.5. The van der Waals surface area contributed by atoms with E-state index in [2.05, 4.69) is 22.8 Å². The van der Waals surface area contributed by atoms with Crippen molar-refractivity contribution in [2.75, 3.05) is 21.0 Å². The summed E-state index contributed by atoms with van der Waals surface area (Å²) in [5.74, 6) is 2.01. The lowest BCUT2D eigenvalue weighted by Crippen LogP contribution is -2.68. The molecule has 5 atom stereocenters. The maximum absolute atomic E-state index is 12.2. The number of likely N-dealkylation sites (N-methyl/N-ethyl adjacent to an activating group) is 1. The molecule has 1 saturated heterocycles. The maximum Gasteiger partial charge on any atom is 0.308 e. The van der Waals surface area contributed by atoms with E-state index in [0.717, 1.165) is 33.4 Å². The van der Waals surface area contributed by atoms with Gasteiger partial charge < -0.3 is 29.2 Å². The number of carbonyl (C=O) groups excluding carboxylic acids is 1. The number of methoxy groups -OCH3 is 1. The number of esters is 1. The highest BCUT2D eigenvalue weighted by Crippen LogP contribution is 2.58. The predicted molar refractivity (Wildman–Crippen MR) is 134 cm³/mol. The van der Waals surface area contributed by atoms with Gasteiger partial charge in [-0.1, -0.05) is 13.0 Å². The van der Waals surface area contributed by atoms with E-state index in [0.29, 0.717) is 42.3 Å². The largest absolute Gasteiger partial charge is 0.504 e. The van der Waals surface area contributed by atoms with Gasteiger partial charge >= 0.3 is 5.97 Å². The molecule has 2 aromatic rings. The number of benzene rings is 2. The highest BCUT2D eigenvalue weighted by Gasteiger charge is 2.56. The van der Waals surface area contributed by atoms with E-state index in [-0.39, 0.29) is 36.7 Å². The van der Waals surface area contributed by atoms with Gasteiger partial charge in [0.2, 0.25) is 6.79 Å². The SMILES string of the molecule is CC[C@H]1c2c(c(OC(C)=O)c(C)c3c2OCO3)CC2[C@H]3c4c(cc(C)c(OC)c4O)C[C@H]([C@H](O)N21)N3C. The van der Waals surface area contributed by atoms with Crippen molar-refractivity contribution in [1.82, 2.24) is 9.80 Å². The molecule has 4 aliphatic heterocycles. The number of fused-ring (bicyclic) bond motifs is 9. The van der Waals surface area contributed by atoms with Gasteiger partial charge in [-0.05, 0) is 51.3 Å². The summed E-state index contributed by atoms with van der Waals surface area (Å²) in [5, 5.41) is 23.3. The summed E-state index contributed by atoms with van der Waals surface area (Å²) in [6, 6.07) is 1.33. The lowest BCUT2D eigenvalue weighted by molar-refractivity contribution is -0.172. The average Bonchev–Trinajstić information content (AvgIpc) is 3.34. The third-order valence-electron chi connectivity index (χ3n) is 8.73. The standard InChI is InChI=1S/C28H34N2O7/c1-7-17-21-16(25(37-14(4)31)13(3)26-27(21)36-11-35-26)10-18-22-20-15(8-12(2)24(34-6)23(20)32)9-19(29(22)5)28(33)30(17)18/h8,17-19,22,28,32-33H,7,9-11H2,1-6H3/t17-,18?,19+,22-,28-/m0/s1. The summed E-state index contributed by atoms with van der Waals surface area (Å²) in [5.41, 5.74) is 5.29. The second-order valence-corrected chi connectivity index (χ2v) is 10.6. The number of nitrogens with zero attached hydrogens (tertiary/aromatic N) is 2. The number of ether oxygens (including phenoxy) is 4. The second kappa shape index (κ2) is 8.51. The fourth-order valence-electron chi connectivity index (χ4n) is 7.33. The van der Waals surface area contributed by atoms with E-state index >= 15 is 0 Å². The number of piperazine rings is 1. The summed E-state index contributed by atoms with van der Waals surface area (Å²) in [6.07, 6.45) is 1.08. The summed E-state index contributed by atoms with van der Waals surface area (Å²) in [6.45, 7) is 7.39. The van der Waals surface area contributed by atoms with Crippen LogP contribution in [0.3, 0.4) is 0 Å². The molecule has 6 rings (SSSR count). The lowest BCUT2D eigenvalue weighted by Gasteiger charge is -2.60. The Morgan fingerprint density at radius 3 is 2.54 bits per heavy atom. The lowest BCUT2D eigenvalue weighted by atomic mass is 9.73. The molecule has 1 unspecified atom stereocenters. The molecule has 0 aliphatic carbocycles. The Morgan fingerprint density at radius 2 is 1.86 bits per heavy atom. The number of phenolic OH excluding ortho intramolecular Hbond substituents is 1. The van der Waals surface area contributed by atoms with Gasteiger partial charge in [-0.2, -0.15) is 0 Å². The van der Waals surface area contributed by atoms with Gasteiger partial charge in [-0.25, -0.2) is 0 Å². The van der Waals surface area contributed by atoms with Crippen LogP contribution in [0.4, 0.5) is 0 Å². The molecule has 0 spiro atoms. The maximum atomic E-state index is 12.2. The van der Waals surface area contributed by atoms with Crippen molar-refractivity contribution in [3.05, 3.63) is 39.4 Å². The van der Waals surface area contributed by atoms with Gasteiger partial charge in [0.15, 0.2) is 23.0 Å². The Morgan fingerprint density at radius 1 is 1.14 bits per heavy atom. The number of hydrogen-bond acceptors (Lipinski definition) is 9. The fourth-order valence-corrected chi connectivity index (χ4v) is 7.33. The van der Waals surface area contributed by atoms with Gasteiger partial charge in [-0.15, -0.1) is 0 Å². The molecule has 1 fully saturated rings. The molecule has 4 aliphatic rings. The van der Waals surface area contributed by atoms with Crippen LogP contribution < -0.4 is 18.9 Å². The number of phenols is 1. The molecule has 0 amide bonds. The van der Waals surface area contributed by atoms with Crippen LogP contribution in [0.2, 0.25) is 0 Å². The zero-order valence-electron chi connectivity index (χ0n) is 22.1. The Bertz CT molecular complexity index is 1310. The van der Waals surface area contributed by atoms with Crippen LogP contribution in [0.15, 0.2) is 6.07 Å².